The summed E-state index contributed by atoms with van der Waals surface area (Å²) in [7, 11) is 0. The summed E-state index contributed by atoms with van der Waals surface area (Å²) >= 11 is 0. The average Bonchev–Trinajstić information content (AvgIpc) is 3.25. The van der Waals surface area contributed by atoms with Crippen LogP contribution in [0.2, 0.25) is 0 Å². The van der Waals surface area contributed by atoms with Gasteiger partial charge in [0.1, 0.15) is 0 Å². The fourth-order valence-corrected chi connectivity index (χ4v) is 2.48. The molecule has 21 heavy (non-hydrogen) atoms. The molecule has 2 nitrogen and oxygen atoms in total. The standard InChI is InChI=1S/C16H23F3N2/c1-3-20-10-13-7-8-15(14(9-13)16(17,18)19)21(4-2)11-12-5-6-12/h7-9,12,20H,3-6,10-11H2,1-2H3. The Kier molecular flexibility index (Phi) is 5.14. The molecule has 1 fully saturated rings. The first kappa shape index (κ1) is 16.1. The van der Waals surface area contributed by atoms with Crippen molar-refractivity contribution in [1.29, 1.82) is 0 Å². The van der Waals surface area contributed by atoms with E-state index in [-0.39, 0.29) is 0 Å². The van der Waals surface area contributed by atoms with Crippen LogP contribution >= 0.6 is 0 Å². The molecule has 1 aromatic carbocycles. The highest BCUT2D eigenvalue weighted by Gasteiger charge is 2.36. The molecule has 0 spiro atoms. The molecule has 118 valence electrons. The maximum Gasteiger partial charge on any atom is 0.418 e. The molecule has 1 aromatic rings. The normalized spacial score (nSPS) is 15.3. The Morgan fingerprint density at radius 2 is 1.95 bits per heavy atom. The van der Waals surface area contributed by atoms with E-state index in [1.165, 1.54) is 6.07 Å². The number of anilines is 1. The first-order valence-electron chi connectivity index (χ1n) is 7.61. The largest absolute Gasteiger partial charge is 0.418 e. The number of hydrogen-bond donors (Lipinski definition) is 1. The van der Waals surface area contributed by atoms with E-state index in [9.17, 15) is 13.2 Å². The third-order valence-corrected chi connectivity index (χ3v) is 3.84. The van der Waals surface area contributed by atoms with Crippen LogP contribution in [-0.4, -0.2) is 19.6 Å². The van der Waals surface area contributed by atoms with E-state index in [2.05, 4.69) is 5.32 Å². The van der Waals surface area contributed by atoms with Gasteiger partial charge >= 0.3 is 6.18 Å². The minimum atomic E-state index is -4.31. The molecule has 2 rings (SSSR count). The molecular weight excluding hydrogens is 277 g/mol. The number of nitrogens with one attached hydrogen (secondary N) is 1. The molecule has 1 aliphatic carbocycles. The van der Waals surface area contributed by atoms with Crippen LogP contribution in [0.15, 0.2) is 18.2 Å². The second-order valence-electron chi connectivity index (χ2n) is 5.61. The SMILES string of the molecule is CCNCc1ccc(N(CC)CC2CC2)c(C(F)(F)F)c1. The Balaban J connectivity index is 2.29. The summed E-state index contributed by atoms with van der Waals surface area (Å²) < 4.78 is 40.1. The maximum atomic E-state index is 13.4. The maximum absolute atomic E-state index is 13.4. The molecule has 0 bridgehead atoms. The first-order valence-corrected chi connectivity index (χ1v) is 7.61. The third kappa shape index (κ3) is 4.37. The molecule has 1 N–H and O–H groups in total. The summed E-state index contributed by atoms with van der Waals surface area (Å²) in [6.07, 6.45) is -2.04. The zero-order valence-corrected chi connectivity index (χ0v) is 12.6. The summed E-state index contributed by atoms with van der Waals surface area (Å²) in [5, 5.41) is 3.07. The van der Waals surface area contributed by atoms with Crippen molar-refractivity contribution >= 4 is 5.69 Å². The summed E-state index contributed by atoms with van der Waals surface area (Å²) in [4.78, 5) is 1.86. The molecular formula is C16H23F3N2. The molecule has 0 amide bonds. The second kappa shape index (κ2) is 6.69. The summed E-state index contributed by atoms with van der Waals surface area (Å²) in [6, 6.07) is 4.71. The van der Waals surface area contributed by atoms with E-state index in [0.29, 0.717) is 30.3 Å². The molecule has 0 heterocycles. The van der Waals surface area contributed by atoms with E-state index < -0.39 is 11.7 Å². The van der Waals surface area contributed by atoms with Gasteiger partial charge in [-0.05, 0) is 49.9 Å². The Hall–Kier alpha value is -1.23. The van der Waals surface area contributed by atoms with Crippen LogP contribution in [0.4, 0.5) is 18.9 Å². The van der Waals surface area contributed by atoms with E-state index in [1.54, 1.807) is 12.1 Å². The van der Waals surface area contributed by atoms with E-state index in [1.807, 2.05) is 18.7 Å². The van der Waals surface area contributed by atoms with E-state index >= 15 is 0 Å². The highest BCUT2D eigenvalue weighted by Crippen LogP contribution is 2.39. The predicted molar refractivity (Wildman–Crippen MR) is 79.4 cm³/mol. The summed E-state index contributed by atoms with van der Waals surface area (Å²) in [5.41, 5.74) is 0.480. The van der Waals surface area contributed by atoms with Gasteiger partial charge in [-0.3, -0.25) is 0 Å². The minimum Gasteiger partial charge on any atom is -0.371 e. The van der Waals surface area contributed by atoms with Crippen molar-refractivity contribution in [3.8, 4) is 0 Å². The van der Waals surface area contributed by atoms with Crippen molar-refractivity contribution in [2.24, 2.45) is 5.92 Å². The lowest BCUT2D eigenvalue weighted by atomic mass is 10.1. The van der Waals surface area contributed by atoms with Gasteiger partial charge in [0.15, 0.2) is 0 Å². The van der Waals surface area contributed by atoms with Gasteiger partial charge < -0.3 is 10.2 Å². The van der Waals surface area contributed by atoms with Gasteiger partial charge in [0, 0.05) is 25.3 Å². The number of alkyl halides is 3. The molecule has 0 unspecified atom stereocenters. The minimum absolute atomic E-state index is 0.317. The number of benzene rings is 1. The van der Waals surface area contributed by atoms with Gasteiger partial charge in [0.2, 0.25) is 0 Å². The molecule has 0 aromatic heterocycles. The van der Waals surface area contributed by atoms with Gasteiger partial charge in [-0.15, -0.1) is 0 Å². The van der Waals surface area contributed by atoms with Gasteiger partial charge in [-0.2, -0.15) is 13.2 Å². The molecule has 5 heteroatoms. The van der Waals surface area contributed by atoms with Gasteiger partial charge in [0.05, 0.1) is 5.56 Å². The lowest BCUT2D eigenvalue weighted by Crippen LogP contribution is -2.28. The molecule has 0 atom stereocenters. The van der Waals surface area contributed by atoms with Crippen molar-refractivity contribution in [3.63, 3.8) is 0 Å². The quantitative estimate of drug-likeness (QED) is 0.817. The second-order valence-corrected chi connectivity index (χ2v) is 5.61. The molecule has 0 saturated heterocycles. The first-order chi connectivity index (χ1) is 9.95. The molecule has 0 radical (unpaired) electrons. The highest BCUT2D eigenvalue weighted by atomic mass is 19.4. The lowest BCUT2D eigenvalue weighted by molar-refractivity contribution is -0.137. The summed E-state index contributed by atoms with van der Waals surface area (Å²) in [6.45, 7) is 6.39. The number of rotatable bonds is 7. The van der Waals surface area contributed by atoms with Crippen molar-refractivity contribution in [1.82, 2.24) is 5.32 Å². The lowest BCUT2D eigenvalue weighted by Gasteiger charge is -2.27. The van der Waals surface area contributed by atoms with Gasteiger partial charge in [-0.1, -0.05) is 13.0 Å². The fourth-order valence-electron chi connectivity index (χ4n) is 2.48. The van der Waals surface area contributed by atoms with Gasteiger partial charge in [-0.25, -0.2) is 0 Å². The topological polar surface area (TPSA) is 15.3 Å². The number of halogens is 3. The smallest absolute Gasteiger partial charge is 0.371 e. The number of hydrogen-bond acceptors (Lipinski definition) is 2. The van der Waals surface area contributed by atoms with E-state index in [4.69, 9.17) is 0 Å². The Bertz CT molecular complexity index is 467. The van der Waals surface area contributed by atoms with Gasteiger partial charge in [0.25, 0.3) is 0 Å². The predicted octanol–water partition coefficient (Wildman–Crippen LogP) is 4.05. The molecule has 1 aliphatic rings. The van der Waals surface area contributed by atoms with Crippen LogP contribution in [0, 0.1) is 5.92 Å². The molecule has 1 saturated carbocycles. The van der Waals surface area contributed by atoms with E-state index in [0.717, 1.165) is 25.9 Å². The van der Waals surface area contributed by atoms with Crippen molar-refractivity contribution in [2.45, 2.75) is 39.4 Å². The van der Waals surface area contributed by atoms with Crippen LogP contribution in [0.25, 0.3) is 0 Å². The van der Waals surface area contributed by atoms with Crippen molar-refractivity contribution in [3.05, 3.63) is 29.3 Å². The third-order valence-electron chi connectivity index (χ3n) is 3.84. The Morgan fingerprint density at radius 3 is 2.48 bits per heavy atom. The Morgan fingerprint density at radius 1 is 1.24 bits per heavy atom. The van der Waals surface area contributed by atoms with Crippen LogP contribution in [0.1, 0.15) is 37.8 Å². The fraction of sp³-hybridized carbons (Fsp3) is 0.625. The van der Waals surface area contributed by atoms with Crippen molar-refractivity contribution in [2.75, 3.05) is 24.5 Å². The van der Waals surface area contributed by atoms with Crippen LogP contribution in [0.5, 0.6) is 0 Å². The Labute approximate surface area is 124 Å². The highest BCUT2D eigenvalue weighted by molar-refractivity contribution is 5.56. The molecule has 0 aliphatic heterocycles. The van der Waals surface area contributed by atoms with Crippen LogP contribution in [-0.2, 0) is 12.7 Å². The zero-order valence-electron chi connectivity index (χ0n) is 12.6. The monoisotopic (exact) mass is 300 g/mol. The zero-order chi connectivity index (χ0) is 15.5. The average molecular weight is 300 g/mol. The van der Waals surface area contributed by atoms with Crippen LogP contribution in [0.3, 0.4) is 0 Å². The summed E-state index contributed by atoms with van der Waals surface area (Å²) in [5.74, 6) is 0.562. The number of nitrogens with zero attached hydrogens (tertiary/aromatic N) is 1. The van der Waals surface area contributed by atoms with Crippen LogP contribution < -0.4 is 10.2 Å². The van der Waals surface area contributed by atoms with Crippen molar-refractivity contribution < 1.29 is 13.2 Å².